The van der Waals surface area contributed by atoms with Crippen LogP contribution in [-0.4, -0.2) is 15.7 Å². The summed E-state index contributed by atoms with van der Waals surface area (Å²) in [4.78, 5) is 11.3. The van der Waals surface area contributed by atoms with Crippen LogP contribution < -0.4 is 5.32 Å². The summed E-state index contributed by atoms with van der Waals surface area (Å²) >= 11 is 0. The number of hydrogen-bond donors (Lipinski definition) is 1. The molecule has 0 unspecified atom stereocenters. The Morgan fingerprint density at radius 1 is 1.71 bits per heavy atom. The van der Waals surface area contributed by atoms with E-state index in [1.54, 1.807) is 6.20 Å². The molecule has 1 fully saturated rings. The van der Waals surface area contributed by atoms with Crippen LogP contribution in [0, 0.1) is 5.92 Å². The van der Waals surface area contributed by atoms with Crippen LogP contribution in [0.3, 0.4) is 0 Å². The zero-order valence-corrected chi connectivity index (χ0v) is 8.36. The molecule has 76 valence electrons. The summed E-state index contributed by atoms with van der Waals surface area (Å²) in [5.41, 5.74) is 1.07. The van der Waals surface area contributed by atoms with Crippen molar-refractivity contribution < 1.29 is 4.79 Å². The predicted octanol–water partition coefficient (Wildman–Crippen LogP) is 0.929. The Morgan fingerprint density at radius 2 is 2.50 bits per heavy atom. The fourth-order valence-electron chi connectivity index (χ4n) is 1.35. The number of hydrogen-bond acceptors (Lipinski definition) is 2. The summed E-state index contributed by atoms with van der Waals surface area (Å²) in [6.07, 6.45) is 5.88. The van der Waals surface area contributed by atoms with Gasteiger partial charge in [-0.05, 0) is 19.8 Å². The van der Waals surface area contributed by atoms with Crippen molar-refractivity contribution in [3.05, 3.63) is 18.0 Å². The Labute approximate surface area is 83.3 Å². The van der Waals surface area contributed by atoms with E-state index >= 15 is 0 Å². The molecule has 1 aliphatic rings. The van der Waals surface area contributed by atoms with Gasteiger partial charge in [0.25, 0.3) is 0 Å². The smallest absolute Gasteiger partial charge is 0.223 e. The molecule has 1 heterocycles. The molecule has 0 spiro atoms. The first-order valence-electron chi connectivity index (χ1n) is 5.08. The van der Waals surface area contributed by atoms with Gasteiger partial charge >= 0.3 is 0 Å². The molecule has 0 atom stereocenters. The van der Waals surface area contributed by atoms with E-state index in [0.717, 1.165) is 24.9 Å². The van der Waals surface area contributed by atoms with E-state index < -0.39 is 0 Å². The normalized spacial score (nSPS) is 15.5. The lowest BCUT2D eigenvalue weighted by atomic mass is 10.3. The van der Waals surface area contributed by atoms with Gasteiger partial charge in [-0.1, -0.05) is 0 Å². The first kappa shape index (κ1) is 9.24. The Bertz CT molecular complexity index is 328. The fourth-order valence-corrected chi connectivity index (χ4v) is 1.35. The number of carbonyl (C=O) groups excluding carboxylic acids is 1. The van der Waals surface area contributed by atoms with Gasteiger partial charge in [-0.15, -0.1) is 0 Å². The fraction of sp³-hybridized carbons (Fsp3) is 0.600. The minimum absolute atomic E-state index is 0.189. The third kappa shape index (κ3) is 2.13. The second-order valence-corrected chi connectivity index (χ2v) is 3.70. The summed E-state index contributed by atoms with van der Waals surface area (Å²) in [5.74, 6) is 0.477. The van der Waals surface area contributed by atoms with Gasteiger partial charge in [-0.3, -0.25) is 9.48 Å². The second kappa shape index (κ2) is 3.82. The summed E-state index contributed by atoms with van der Waals surface area (Å²) in [5, 5.41) is 7.04. The van der Waals surface area contributed by atoms with Crippen LogP contribution in [0.5, 0.6) is 0 Å². The lowest BCUT2D eigenvalue weighted by molar-refractivity contribution is -0.122. The summed E-state index contributed by atoms with van der Waals surface area (Å²) in [7, 11) is 0. The number of aromatic nitrogens is 2. The third-order valence-corrected chi connectivity index (χ3v) is 2.43. The van der Waals surface area contributed by atoms with Gasteiger partial charge in [0, 0.05) is 30.8 Å². The van der Waals surface area contributed by atoms with E-state index in [1.165, 1.54) is 0 Å². The minimum Gasteiger partial charge on any atom is -0.352 e. The molecule has 0 bridgehead atoms. The monoisotopic (exact) mass is 193 g/mol. The second-order valence-electron chi connectivity index (χ2n) is 3.70. The van der Waals surface area contributed by atoms with E-state index in [1.807, 2.05) is 17.8 Å². The van der Waals surface area contributed by atoms with Gasteiger partial charge < -0.3 is 5.32 Å². The van der Waals surface area contributed by atoms with Crippen LogP contribution in [0.4, 0.5) is 0 Å². The maximum atomic E-state index is 11.3. The Hall–Kier alpha value is -1.32. The highest BCUT2D eigenvalue weighted by molar-refractivity contribution is 5.80. The zero-order chi connectivity index (χ0) is 9.97. The van der Waals surface area contributed by atoms with Crippen molar-refractivity contribution in [3.63, 3.8) is 0 Å². The first-order chi connectivity index (χ1) is 6.79. The Kier molecular flexibility index (Phi) is 2.52. The van der Waals surface area contributed by atoms with Crippen molar-refractivity contribution in [2.75, 3.05) is 0 Å². The molecule has 0 aromatic carbocycles. The van der Waals surface area contributed by atoms with Crippen molar-refractivity contribution >= 4 is 5.91 Å². The van der Waals surface area contributed by atoms with Crippen molar-refractivity contribution in [2.24, 2.45) is 5.92 Å². The van der Waals surface area contributed by atoms with Crippen LogP contribution in [0.2, 0.25) is 0 Å². The maximum absolute atomic E-state index is 11.3. The average Bonchev–Trinajstić information content (AvgIpc) is 2.94. The molecule has 0 saturated heterocycles. The Morgan fingerprint density at radius 3 is 3.07 bits per heavy atom. The highest BCUT2D eigenvalue weighted by Gasteiger charge is 2.29. The molecule has 1 N–H and O–H groups in total. The lowest BCUT2D eigenvalue weighted by Crippen LogP contribution is -2.23. The third-order valence-electron chi connectivity index (χ3n) is 2.43. The molecule has 14 heavy (non-hydrogen) atoms. The number of carbonyl (C=O) groups is 1. The number of nitrogens with zero attached hydrogens (tertiary/aromatic N) is 2. The van der Waals surface area contributed by atoms with E-state index in [-0.39, 0.29) is 11.8 Å². The number of nitrogens with one attached hydrogen (secondary N) is 1. The van der Waals surface area contributed by atoms with E-state index in [4.69, 9.17) is 0 Å². The van der Waals surface area contributed by atoms with Gasteiger partial charge in [-0.2, -0.15) is 5.10 Å². The van der Waals surface area contributed by atoms with Crippen LogP contribution in [0.15, 0.2) is 12.4 Å². The maximum Gasteiger partial charge on any atom is 0.223 e. The molecule has 1 aromatic rings. The average molecular weight is 193 g/mol. The Balaban J connectivity index is 1.81. The van der Waals surface area contributed by atoms with Gasteiger partial charge in [0.2, 0.25) is 5.91 Å². The van der Waals surface area contributed by atoms with E-state index in [9.17, 15) is 4.79 Å². The highest BCUT2D eigenvalue weighted by atomic mass is 16.2. The molecule has 2 rings (SSSR count). The minimum atomic E-state index is 0.189. The highest BCUT2D eigenvalue weighted by Crippen LogP contribution is 2.28. The molecule has 1 aliphatic carbocycles. The van der Waals surface area contributed by atoms with Gasteiger partial charge in [0.05, 0.1) is 6.20 Å². The zero-order valence-electron chi connectivity index (χ0n) is 8.36. The van der Waals surface area contributed by atoms with E-state index in [2.05, 4.69) is 10.4 Å². The standard InChI is InChI=1S/C10H15N3O/c1-2-13-7-8(6-12-13)5-11-10(14)9-3-4-9/h6-7,9H,2-5H2,1H3,(H,11,14). The quantitative estimate of drug-likeness (QED) is 0.773. The van der Waals surface area contributed by atoms with Crippen molar-refractivity contribution in [2.45, 2.75) is 32.9 Å². The van der Waals surface area contributed by atoms with Crippen LogP contribution in [0.25, 0.3) is 0 Å². The summed E-state index contributed by atoms with van der Waals surface area (Å²) < 4.78 is 1.86. The topological polar surface area (TPSA) is 46.9 Å². The number of aryl methyl sites for hydroxylation is 1. The van der Waals surface area contributed by atoms with Crippen molar-refractivity contribution in [1.29, 1.82) is 0 Å². The molecule has 0 radical (unpaired) electrons. The van der Waals surface area contributed by atoms with Crippen LogP contribution >= 0.6 is 0 Å². The molecule has 0 aliphatic heterocycles. The molecule has 1 saturated carbocycles. The predicted molar refractivity (Wildman–Crippen MR) is 52.5 cm³/mol. The lowest BCUT2D eigenvalue weighted by Gasteiger charge is -2.00. The van der Waals surface area contributed by atoms with E-state index in [0.29, 0.717) is 6.54 Å². The molecule has 4 nitrogen and oxygen atoms in total. The summed E-state index contributed by atoms with van der Waals surface area (Å²) in [6.45, 7) is 3.52. The molecule has 1 amide bonds. The molecule has 4 heteroatoms. The largest absolute Gasteiger partial charge is 0.352 e. The van der Waals surface area contributed by atoms with Crippen molar-refractivity contribution in [3.8, 4) is 0 Å². The van der Waals surface area contributed by atoms with Crippen molar-refractivity contribution in [1.82, 2.24) is 15.1 Å². The summed E-state index contributed by atoms with van der Waals surface area (Å²) in [6, 6.07) is 0. The number of rotatable bonds is 4. The molecular formula is C10H15N3O. The molecule has 1 aromatic heterocycles. The van der Waals surface area contributed by atoms with Crippen LogP contribution in [-0.2, 0) is 17.9 Å². The SMILES string of the molecule is CCn1cc(CNC(=O)C2CC2)cn1. The van der Waals surface area contributed by atoms with Gasteiger partial charge in [-0.25, -0.2) is 0 Å². The number of amides is 1. The van der Waals surface area contributed by atoms with Crippen LogP contribution in [0.1, 0.15) is 25.3 Å². The van der Waals surface area contributed by atoms with Gasteiger partial charge in [0.15, 0.2) is 0 Å². The molecular weight excluding hydrogens is 178 g/mol. The van der Waals surface area contributed by atoms with Gasteiger partial charge in [0.1, 0.15) is 0 Å². The first-order valence-corrected chi connectivity index (χ1v) is 5.08.